The number of hydrogen-bond acceptors (Lipinski definition) is 4. The number of benzene rings is 3. The first-order chi connectivity index (χ1) is 11.9. The molecule has 0 spiro atoms. The summed E-state index contributed by atoms with van der Waals surface area (Å²) >= 11 is 0. The Balaban J connectivity index is 1.91. The van der Waals surface area contributed by atoms with Gasteiger partial charge in [-0.05, 0) is 30.0 Å². The van der Waals surface area contributed by atoms with Gasteiger partial charge in [0.15, 0.2) is 0 Å². The molecule has 0 unspecified atom stereocenters. The molecule has 0 bridgehead atoms. The number of nitrogens with zero attached hydrogens (tertiary/aromatic N) is 2. The largest absolute Gasteiger partial charge is 0.269 e. The van der Waals surface area contributed by atoms with E-state index in [1.165, 1.54) is 16.4 Å². The molecule has 1 atom stereocenters. The van der Waals surface area contributed by atoms with Crippen molar-refractivity contribution >= 4 is 32.2 Å². The predicted octanol–water partition coefficient (Wildman–Crippen LogP) is 4.02. The first-order valence-corrected chi connectivity index (χ1v) is 9.16. The van der Waals surface area contributed by atoms with Crippen molar-refractivity contribution in [2.75, 3.05) is 4.31 Å². The molecule has 0 saturated heterocycles. The maximum atomic E-state index is 13.1. The number of non-ortho nitro benzene ring substituents is 1. The monoisotopic (exact) mass is 354 g/mol. The van der Waals surface area contributed by atoms with Crippen molar-refractivity contribution in [1.82, 2.24) is 0 Å². The summed E-state index contributed by atoms with van der Waals surface area (Å²) in [4.78, 5) is 10.8. The molecule has 1 aliphatic rings. The van der Waals surface area contributed by atoms with Gasteiger partial charge < -0.3 is 0 Å². The highest BCUT2D eigenvalue weighted by Crippen LogP contribution is 2.46. The minimum absolute atomic E-state index is 0.0586. The molecule has 0 saturated carbocycles. The number of anilines is 1. The van der Waals surface area contributed by atoms with Gasteiger partial charge in [0.1, 0.15) is 0 Å². The van der Waals surface area contributed by atoms with E-state index in [4.69, 9.17) is 0 Å². The van der Waals surface area contributed by atoms with Gasteiger partial charge in [-0.3, -0.25) is 14.4 Å². The van der Waals surface area contributed by atoms with E-state index in [2.05, 4.69) is 0 Å². The fourth-order valence-electron chi connectivity index (χ4n) is 3.37. The van der Waals surface area contributed by atoms with E-state index in [9.17, 15) is 18.5 Å². The third kappa shape index (κ3) is 2.20. The highest BCUT2D eigenvalue weighted by molar-refractivity contribution is 7.93. The number of rotatable bonds is 3. The van der Waals surface area contributed by atoms with Gasteiger partial charge in [-0.25, -0.2) is 8.42 Å². The van der Waals surface area contributed by atoms with Gasteiger partial charge in [0.2, 0.25) is 0 Å². The van der Waals surface area contributed by atoms with E-state index in [0.717, 1.165) is 5.39 Å². The molecular weight excluding hydrogens is 340 g/mol. The van der Waals surface area contributed by atoms with Gasteiger partial charge in [-0.1, -0.05) is 36.4 Å². The van der Waals surface area contributed by atoms with Crippen molar-refractivity contribution in [3.8, 4) is 0 Å². The van der Waals surface area contributed by atoms with Crippen molar-refractivity contribution in [2.24, 2.45) is 0 Å². The molecule has 25 heavy (non-hydrogen) atoms. The summed E-state index contributed by atoms with van der Waals surface area (Å²) in [6, 6.07) is 16.2. The summed E-state index contributed by atoms with van der Waals surface area (Å²) < 4.78 is 27.5. The van der Waals surface area contributed by atoms with Crippen molar-refractivity contribution in [3.05, 3.63) is 76.3 Å². The minimum Gasteiger partial charge on any atom is -0.258 e. The molecule has 0 N–H and O–H groups in total. The molecule has 126 valence electrons. The van der Waals surface area contributed by atoms with Crippen LogP contribution in [-0.4, -0.2) is 13.3 Å². The zero-order valence-corrected chi connectivity index (χ0v) is 14.1. The van der Waals surface area contributed by atoms with Crippen LogP contribution >= 0.6 is 0 Å². The fraction of sp³-hybridized carbons (Fsp3) is 0.111. The smallest absolute Gasteiger partial charge is 0.258 e. The zero-order chi connectivity index (χ0) is 17.8. The predicted molar refractivity (Wildman–Crippen MR) is 95.1 cm³/mol. The molecular formula is C18H14N2O4S. The maximum Gasteiger partial charge on any atom is 0.269 e. The fourth-order valence-corrected chi connectivity index (χ4v) is 5.26. The topological polar surface area (TPSA) is 80.5 Å². The van der Waals surface area contributed by atoms with Crippen LogP contribution in [0.25, 0.3) is 10.8 Å². The van der Waals surface area contributed by atoms with Crippen molar-refractivity contribution in [3.63, 3.8) is 0 Å². The molecule has 0 amide bonds. The average Bonchev–Trinajstić information content (AvgIpc) is 2.84. The Morgan fingerprint density at radius 1 is 1.04 bits per heavy atom. The Hall–Kier alpha value is -2.93. The normalized spacial score (nSPS) is 16.1. The van der Waals surface area contributed by atoms with Crippen molar-refractivity contribution < 1.29 is 13.3 Å². The Kier molecular flexibility index (Phi) is 3.30. The minimum atomic E-state index is -3.72. The summed E-state index contributed by atoms with van der Waals surface area (Å²) in [5, 5.41) is 12.6. The first-order valence-electron chi connectivity index (χ1n) is 7.72. The lowest BCUT2D eigenvalue weighted by Gasteiger charge is -2.26. The molecule has 0 aromatic heterocycles. The van der Waals surface area contributed by atoms with Gasteiger partial charge in [0, 0.05) is 17.5 Å². The Bertz CT molecular complexity index is 1120. The molecule has 1 aliphatic heterocycles. The lowest BCUT2D eigenvalue weighted by molar-refractivity contribution is -0.384. The molecule has 6 nitrogen and oxygen atoms in total. The van der Waals surface area contributed by atoms with E-state index in [1.54, 1.807) is 37.3 Å². The highest BCUT2D eigenvalue weighted by atomic mass is 32.2. The van der Waals surface area contributed by atoms with Crippen LogP contribution in [0.5, 0.6) is 0 Å². The number of sulfonamides is 1. The van der Waals surface area contributed by atoms with Gasteiger partial charge in [-0.15, -0.1) is 0 Å². The van der Waals surface area contributed by atoms with E-state index in [1.807, 2.05) is 18.2 Å². The second kappa shape index (κ2) is 5.29. The SMILES string of the molecule is C[C@@H](c1cccc([N+](=O)[O-])c1)N1c2cccc3cccc(c23)S1(=O)=O. The van der Waals surface area contributed by atoms with E-state index < -0.39 is 21.0 Å². The zero-order valence-electron chi connectivity index (χ0n) is 13.3. The van der Waals surface area contributed by atoms with Crippen LogP contribution in [0.15, 0.2) is 65.6 Å². The lowest BCUT2D eigenvalue weighted by atomic mass is 10.1. The van der Waals surface area contributed by atoms with Gasteiger partial charge in [0.05, 0.1) is 21.5 Å². The van der Waals surface area contributed by atoms with Crippen molar-refractivity contribution in [2.45, 2.75) is 17.9 Å². The summed E-state index contributed by atoms with van der Waals surface area (Å²) in [5.41, 5.74) is 1.12. The lowest BCUT2D eigenvalue weighted by Crippen LogP contribution is -2.30. The third-order valence-corrected chi connectivity index (χ3v) is 6.46. The third-order valence-electron chi connectivity index (χ3n) is 4.53. The Labute approximate surface area is 144 Å². The van der Waals surface area contributed by atoms with Crippen LogP contribution in [0, 0.1) is 10.1 Å². The molecule has 0 aliphatic carbocycles. The van der Waals surface area contributed by atoms with Gasteiger partial charge in [-0.2, -0.15) is 0 Å². The maximum absolute atomic E-state index is 13.1. The van der Waals surface area contributed by atoms with E-state index in [0.29, 0.717) is 16.6 Å². The molecule has 3 aromatic carbocycles. The van der Waals surface area contributed by atoms with Crippen LogP contribution in [0.1, 0.15) is 18.5 Å². The first kappa shape index (κ1) is 15.6. The van der Waals surface area contributed by atoms with Crippen LogP contribution in [0.3, 0.4) is 0 Å². The van der Waals surface area contributed by atoms with Crippen molar-refractivity contribution in [1.29, 1.82) is 0 Å². The van der Waals surface area contributed by atoms with Gasteiger partial charge >= 0.3 is 0 Å². The summed E-state index contributed by atoms with van der Waals surface area (Å²) in [6.45, 7) is 1.74. The Morgan fingerprint density at radius 3 is 2.44 bits per heavy atom. The summed E-state index contributed by atoms with van der Waals surface area (Å²) in [7, 11) is -3.72. The standard InChI is InChI=1S/C18H14N2O4S/c1-12(14-7-2-8-15(11-14)20(21)22)19-16-9-3-5-13-6-4-10-17(18(13)16)25(19,23)24/h2-12H,1H3/t12-/m0/s1. The van der Waals surface area contributed by atoms with Crippen LogP contribution < -0.4 is 4.31 Å². The number of nitro groups is 1. The van der Waals surface area contributed by atoms with Crippen LogP contribution in [-0.2, 0) is 10.0 Å². The second-order valence-electron chi connectivity index (χ2n) is 5.96. The quantitative estimate of drug-likeness (QED) is 0.525. The van der Waals surface area contributed by atoms with Crippen LogP contribution in [0.2, 0.25) is 0 Å². The number of hydrogen-bond donors (Lipinski definition) is 0. The van der Waals surface area contributed by atoms with Gasteiger partial charge in [0.25, 0.3) is 15.7 Å². The highest BCUT2D eigenvalue weighted by Gasteiger charge is 2.39. The van der Waals surface area contributed by atoms with E-state index in [-0.39, 0.29) is 10.6 Å². The summed E-state index contributed by atoms with van der Waals surface area (Å²) in [5.74, 6) is 0. The molecule has 1 heterocycles. The Morgan fingerprint density at radius 2 is 1.72 bits per heavy atom. The molecule has 7 heteroatoms. The second-order valence-corrected chi connectivity index (χ2v) is 7.74. The van der Waals surface area contributed by atoms with E-state index >= 15 is 0 Å². The summed E-state index contributed by atoms with van der Waals surface area (Å²) in [6.07, 6.45) is 0. The molecule has 0 radical (unpaired) electrons. The molecule has 3 aromatic rings. The molecule has 4 rings (SSSR count). The van der Waals surface area contributed by atoms with Crippen LogP contribution in [0.4, 0.5) is 11.4 Å². The number of nitro benzene ring substituents is 1. The molecule has 0 fully saturated rings. The average molecular weight is 354 g/mol.